The highest BCUT2D eigenvalue weighted by atomic mass is 32.2. The van der Waals surface area contributed by atoms with Crippen molar-refractivity contribution in [3.05, 3.63) is 0 Å². The van der Waals surface area contributed by atoms with Gasteiger partial charge in [-0.1, -0.05) is 6.92 Å². The molecule has 1 rings (SSSR count). The van der Waals surface area contributed by atoms with Crippen molar-refractivity contribution in [1.29, 1.82) is 0 Å². The van der Waals surface area contributed by atoms with Crippen LogP contribution in [-0.2, 0) is 24.6 Å². The minimum absolute atomic E-state index is 0.00848. The summed E-state index contributed by atoms with van der Waals surface area (Å²) >= 11 is 0. The van der Waals surface area contributed by atoms with Crippen LogP contribution in [0, 0.1) is 0 Å². The molecule has 1 fully saturated rings. The predicted octanol–water partition coefficient (Wildman–Crippen LogP) is -0.193. The van der Waals surface area contributed by atoms with Crippen molar-refractivity contribution in [3.63, 3.8) is 0 Å². The van der Waals surface area contributed by atoms with Crippen molar-refractivity contribution in [2.45, 2.75) is 39.2 Å². The third kappa shape index (κ3) is 10.3. The molecule has 0 aromatic carbocycles. The number of aliphatic imine (C=N–C) groups is 1. The highest BCUT2D eigenvalue weighted by Gasteiger charge is 2.27. The third-order valence-corrected chi connectivity index (χ3v) is 7.08. The monoisotopic (exact) mass is 426 g/mol. The predicted molar refractivity (Wildman–Crippen MR) is 108 cm³/mol. The number of nitrogens with one attached hydrogen (secondary N) is 2. The van der Waals surface area contributed by atoms with Gasteiger partial charge in [-0.05, 0) is 26.2 Å². The molecule has 0 aromatic rings. The zero-order valence-electron chi connectivity index (χ0n) is 16.6. The first kappa shape index (κ1) is 24.1. The van der Waals surface area contributed by atoms with Crippen molar-refractivity contribution in [2.24, 2.45) is 4.99 Å². The summed E-state index contributed by atoms with van der Waals surface area (Å²) in [6, 6.07) is 0.169. The maximum atomic E-state index is 12.1. The van der Waals surface area contributed by atoms with Gasteiger partial charge >= 0.3 is 0 Å². The van der Waals surface area contributed by atoms with Crippen LogP contribution in [-0.4, -0.2) is 90.3 Å². The molecule has 1 aliphatic heterocycles. The minimum Gasteiger partial charge on any atom is -0.378 e. The molecule has 0 amide bonds. The quantitative estimate of drug-likeness (QED) is 0.267. The van der Waals surface area contributed by atoms with Crippen LogP contribution in [0.5, 0.6) is 0 Å². The molecule has 160 valence electrons. The molecule has 0 aromatic heterocycles. The van der Waals surface area contributed by atoms with Crippen LogP contribution in [0.15, 0.2) is 4.99 Å². The SMILES string of the molecule is CCCS(=O)(=O)N1CCC(NC(=NCCOCCS(C)(=O)=O)NCC)CC1. The van der Waals surface area contributed by atoms with Gasteiger partial charge in [-0.25, -0.2) is 21.1 Å². The Morgan fingerprint density at radius 1 is 1.11 bits per heavy atom. The van der Waals surface area contributed by atoms with Crippen LogP contribution >= 0.6 is 0 Å². The molecular formula is C16H34N4O5S2. The van der Waals surface area contributed by atoms with Gasteiger partial charge in [0.25, 0.3) is 0 Å². The Bertz CT molecular complexity index is 656. The molecule has 1 heterocycles. The highest BCUT2D eigenvalue weighted by Crippen LogP contribution is 2.15. The number of rotatable bonds is 11. The molecular weight excluding hydrogens is 392 g/mol. The summed E-state index contributed by atoms with van der Waals surface area (Å²) in [7, 11) is -6.14. The molecule has 0 atom stereocenters. The summed E-state index contributed by atoms with van der Waals surface area (Å²) in [6.45, 7) is 6.54. The van der Waals surface area contributed by atoms with Gasteiger partial charge in [0.05, 0.1) is 31.3 Å². The van der Waals surface area contributed by atoms with Crippen LogP contribution in [0.25, 0.3) is 0 Å². The van der Waals surface area contributed by atoms with Gasteiger partial charge in [0.15, 0.2) is 5.96 Å². The molecule has 0 unspecified atom stereocenters. The Morgan fingerprint density at radius 2 is 1.78 bits per heavy atom. The molecule has 27 heavy (non-hydrogen) atoms. The largest absolute Gasteiger partial charge is 0.378 e. The van der Waals surface area contributed by atoms with Gasteiger partial charge in [0, 0.05) is 31.9 Å². The fourth-order valence-corrected chi connectivity index (χ4v) is 4.67. The average Bonchev–Trinajstić information content (AvgIpc) is 2.57. The van der Waals surface area contributed by atoms with Gasteiger partial charge in [0.1, 0.15) is 9.84 Å². The average molecular weight is 427 g/mol. The second-order valence-corrected chi connectivity index (χ2v) is 11.0. The van der Waals surface area contributed by atoms with E-state index in [0.29, 0.717) is 45.2 Å². The Balaban J connectivity index is 2.40. The van der Waals surface area contributed by atoms with Crippen molar-refractivity contribution in [1.82, 2.24) is 14.9 Å². The molecule has 11 heteroatoms. The fourth-order valence-electron chi connectivity index (χ4n) is 2.71. The first-order chi connectivity index (χ1) is 12.7. The van der Waals surface area contributed by atoms with E-state index < -0.39 is 19.9 Å². The molecule has 0 bridgehead atoms. The number of piperidine rings is 1. The van der Waals surface area contributed by atoms with Crippen molar-refractivity contribution < 1.29 is 21.6 Å². The molecule has 0 aliphatic carbocycles. The van der Waals surface area contributed by atoms with Gasteiger partial charge in [-0.15, -0.1) is 0 Å². The molecule has 0 radical (unpaired) electrons. The Labute approximate surface area is 163 Å². The summed E-state index contributed by atoms with van der Waals surface area (Å²) in [5.41, 5.74) is 0. The number of sulfonamides is 1. The number of hydrogen-bond donors (Lipinski definition) is 2. The first-order valence-electron chi connectivity index (χ1n) is 9.46. The smallest absolute Gasteiger partial charge is 0.214 e. The van der Waals surface area contributed by atoms with Gasteiger partial charge in [-0.3, -0.25) is 4.99 Å². The summed E-state index contributed by atoms with van der Waals surface area (Å²) < 4.78 is 53.2. The molecule has 0 spiro atoms. The van der Waals surface area contributed by atoms with Crippen LogP contribution in [0.3, 0.4) is 0 Å². The molecule has 1 saturated heterocycles. The van der Waals surface area contributed by atoms with Crippen LogP contribution in [0.1, 0.15) is 33.1 Å². The maximum Gasteiger partial charge on any atom is 0.214 e. The van der Waals surface area contributed by atoms with Gasteiger partial charge in [-0.2, -0.15) is 0 Å². The second-order valence-electron chi connectivity index (χ2n) is 6.64. The normalized spacial score (nSPS) is 17.8. The fraction of sp³-hybridized carbons (Fsp3) is 0.938. The number of nitrogens with zero attached hydrogens (tertiary/aromatic N) is 2. The van der Waals surface area contributed by atoms with E-state index in [1.165, 1.54) is 6.26 Å². The Morgan fingerprint density at radius 3 is 2.33 bits per heavy atom. The molecule has 1 aliphatic rings. The van der Waals surface area contributed by atoms with E-state index in [1.54, 1.807) is 4.31 Å². The number of guanidine groups is 1. The van der Waals surface area contributed by atoms with E-state index >= 15 is 0 Å². The van der Waals surface area contributed by atoms with E-state index in [-0.39, 0.29) is 24.2 Å². The summed E-state index contributed by atoms with van der Waals surface area (Å²) in [5, 5.41) is 6.50. The third-order valence-electron chi connectivity index (χ3n) is 4.10. The highest BCUT2D eigenvalue weighted by molar-refractivity contribution is 7.90. The molecule has 9 nitrogen and oxygen atoms in total. The maximum absolute atomic E-state index is 12.1. The minimum atomic E-state index is -3.13. The lowest BCUT2D eigenvalue weighted by Gasteiger charge is -2.32. The Hall–Kier alpha value is -0.910. The van der Waals surface area contributed by atoms with E-state index in [2.05, 4.69) is 15.6 Å². The zero-order chi connectivity index (χ0) is 20.3. The van der Waals surface area contributed by atoms with Gasteiger partial charge < -0.3 is 15.4 Å². The summed E-state index contributed by atoms with van der Waals surface area (Å²) in [4.78, 5) is 4.43. The zero-order valence-corrected chi connectivity index (χ0v) is 18.2. The number of sulfone groups is 1. The summed E-state index contributed by atoms with van der Waals surface area (Å²) in [5.74, 6) is 0.877. The lowest BCUT2D eigenvalue weighted by molar-refractivity contribution is 0.157. The molecule has 2 N–H and O–H groups in total. The topological polar surface area (TPSA) is 117 Å². The van der Waals surface area contributed by atoms with E-state index in [9.17, 15) is 16.8 Å². The van der Waals surface area contributed by atoms with E-state index in [4.69, 9.17) is 4.74 Å². The van der Waals surface area contributed by atoms with Crippen molar-refractivity contribution >= 4 is 25.8 Å². The van der Waals surface area contributed by atoms with Crippen molar-refractivity contribution in [3.8, 4) is 0 Å². The van der Waals surface area contributed by atoms with Crippen LogP contribution < -0.4 is 10.6 Å². The number of ether oxygens (including phenoxy) is 1. The second kappa shape index (κ2) is 11.8. The lowest BCUT2D eigenvalue weighted by atomic mass is 10.1. The standard InChI is InChI=1S/C16H34N4O5S2/c1-4-13-27(23,24)20-9-6-15(7-10-20)19-16(17-5-2)18-8-11-25-12-14-26(3,21)22/h15H,4-14H2,1-3H3,(H2,17,18,19). The Kier molecular flexibility index (Phi) is 10.6. The molecule has 0 saturated carbocycles. The first-order valence-corrected chi connectivity index (χ1v) is 13.1. The van der Waals surface area contributed by atoms with Gasteiger partial charge in [0.2, 0.25) is 10.0 Å². The van der Waals surface area contributed by atoms with E-state index in [1.807, 2.05) is 13.8 Å². The summed E-state index contributed by atoms with van der Waals surface area (Å²) in [6.07, 6.45) is 3.28. The number of hydrogen-bond acceptors (Lipinski definition) is 6. The van der Waals surface area contributed by atoms with Crippen molar-refractivity contribution in [2.75, 3.05) is 57.2 Å². The van der Waals surface area contributed by atoms with Crippen LogP contribution in [0.4, 0.5) is 0 Å². The lowest BCUT2D eigenvalue weighted by Crippen LogP contribution is -2.50. The van der Waals surface area contributed by atoms with E-state index in [0.717, 1.165) is 12.8 Å². The van der Waals surface area contributed by atoms with Crippen LogP contribution in [0.2, 0.25) is 0 Å².